The summed E-state index contributed by atoms with van der Waals surface area (Å²) in [5.41, 5.74) is -0.433. The van der Waals surface area contributed by atoms with E-state index in [2.05, 4.69) is 0 Å². The number of aliphatic hydroxyl groups excluding tert-OH is 1. The third kappa shape index (κ3) is 2.49. The van der Waals surface area contributed by atoms with Crippen LogP contribution in [-0.4, -0.2) is 39.0 Å². The Labute approximate surface area is 120 Å². The van der Waals surface area contributed by atoms with Crippen molar-refractivity contribution in [3.05, 3.63) is 39.7 Å². The number of carbonyl (C=O) groups excluding carboxylic acids is 1. The fourth-order valence-corrected chi connectivity index (χ4v) is 3.43. The standard InChI is InChI=1S/C14H15FN2O4/c15-9-3-8(4-12(5-9)17(20)21)14(19)16-10-1-2-11(16)7-13(18)6-10/h3-5,10-11,13,18H,1-2,6-7H2. The van der Waals surface area contributed by atoms with Gasteiger partial charge >= 0.3 is 0 Å². The predicted molar refractivity (Wildman–Crippen MR) is 71.3 cm³/mol. The van der Waals surface area contributed by atoms with Crippen molar-refractivity contribution >= 4 is 11.6 Å². The van der Waals surface area contributed by atoms with Crippen LogP contribution in [0.3, 0.4) is 0 Å². The van der Waals surface area contributed by atoms with Crippen molar-refractivity contribution in [2.45, 2.75) is 43.9 Å². The van der Waals surface area contributed by atoms with Crippen molar-refractivity contribution in [1.82, 2.24) is 4.90 Å². The number of aliphatic hydroxyl groups is 1. The Morgan fingerprint density at radius 1 is 1.29 bits per heavy atom. The molecule has 2 bridgehead atoms. The van der Waals surface area contributed by atoms with Crippen LogP contribution in [0.1, 0.15) is 36.0 Å². The summed E-state index contributed by atoms with van der Waals surface area (Å²) in [5, 5.41) is 20.5. The monoisotopic (exact) mass is 294 g/mol. The van der Waals surface area contributed by atoms with Crippen LogP contribution >= 0.6 is 0 Å². The van der Waals surface area contributed by atoms with E-state index in [1.807, 2.05) is 0 Å². The summed E-state index contributed by atoms with van der Waals surface area (Å²) < 4.78 is 13.5. The highest BCUT2D eigenvalue weighted by Gasteiger charge is 2.43. The lowest BCUT2D eigenvalue weighted by Crippen LogP contribution is -2.48. The second-order valence-corrected chi connectivity index (χ2v) is 5.68. The summed E-state index contributed by atoms with van der Waals surface area (Å²) in [6.07, 6.45) is 2.24. The number of halogens is 1. The molecule has 1 N–H and O–H groups in total. The highest BCUT2D eigenvalue weighted by molar-refractivity contribution is 5.95. The summed E-state index contributed by atoms with van der Waals surface area (Å²) >= 11 is 0. The summed E-state index contributed by atoms with van der Waals surface area (Å²) in [4.78, 5) is 24.3. The number of benzene rings is 1. The van der Waals surface area contributed by atoms with Crippen LogP contribution < -0.4 is 0 Å². The van der Waals surface area contributed by atoms with Crippen LogP contribution in [0.4, 0.5) is 10.1 Å². The van der Waals surface area contributed by atoms with E-state index in [9.17, 15) is 24.4 Å². The van der Waals surface area contributed by atoms with Gasteiger partial charge in [0.15, 0.2) is 0 Å². The van der Waals surface area contributed by atoms with Crippen molar-refractivity contribution < 1.29 is 19.2 Å². The van der Waals surface area contributed by atoms with Gasteiger partial charge in [0.25, 0.3) is 11.6 Å². The zero-order chi connectivity index (χ0) is 15.1. The number of fused-ring (bicyclic) bond motifs is 2. The van der Waals surface area contributed by atoms with Crippen molar-refractivity contribution in [2.75, 3.05) is 0 Å². The molecule has 1 amide bonds. The third-order valence-corrected chi connectivity index (χ3v) is 4.28. The molecule has 2 fully saturated rings. The smallest absolute Gasteiger partial charge is 0.273 e. The molecule has 3 rings (SSSR count). The minimum absolute atomic E-state index is 0.00464. The van der Waals surface area contributed by atoms with Crippen LogP contribution in [0.5, 0.6) is 0 Å². The Balaban J connectivity index is 1.91. The van der Waals surface area contributed by atoms with E-state index >= 15 is 0 Å². The van der Waals surface area contributed by atoms with E-state index in [0.29, 0.717) is 12.8 Å². The maximum Gasteiger partial charge on any atom is 0.273 e. The van der Waals surface area contributed by atoms with E-state index < -0.39 is 28.4 Å². The largest absolute Gasteiger partial charge is 0.393 e. The van der Waals surface area contributed by atoms with Gasteiger partial charge in [0.05, 0.1) is 17.1 Å². The molecule has 21 heavy (non-hydrogen) atoms. The zero-order valence-electron chi connectivity index (χ0n) is 11.2. The Bertz CT molecular complexity index is 593. The maximum absolute atomic E-state index is 13.5. The number of nitrogens with zero attached hydrogens (tertiary/aromatic N) is 2. The molecule has 0 aliphatic carbocycles. The average molecular weight is 294 g/mol. The molecule has 6 nitrogen and oxygen atoms in total. The van der Waals surface area contributed by atoms with Crippen LogP contribution in [0.2, 0.25) is 0 Å². The molecule has 2 aliphatic rings. The first-order chi connectivity index (χ1) is 9.95. The van der Waals surface area contributed by atoms with Crippen LogP contribution in [0.25, 0.3) is 0 Å². The van der Waals surface area contributed by atoms with Gasteiger partial charge in [0, 0.05) is 23.7 Å². The minimum Gasteiger partial charge on any atom is -0.393 e. The summed E-state index contributed by atoms with van der Waals surface area (Å²) in [5.74, 6) is -1.19. The van der Waals surface area contributed by atoms with Crippen molar-refractivity contribution in [1.29, 1.82) is 0 Å². The van der Waals surface area contributed by atoms with Crippen LogP contribution in [0, 0.1) is 15.9 Å². The van der Waals surface area contributed by atoms with Gasteiger partial charge in [-0.2, -0.15) is 0 Å². The number of nitro benzene ring substituents is 1. The first-order valence-corrected chi connectivity index (χ1v) is 6.91. The second-order valence-electron chi connectivity index (χ2n) is 5.68. The normalized spacial score (nSPS) is 27.7. The van der Waals surface area contributed by atoms with Gasteiger partial charge in [-0.15, -0.1) is 0 Å². The number of amides is 1. The van der Waals surface area contributed by atoms with Crippen LogP contribution in [0.15, 0.2) is 18.2 Å². The predicted octanol–water partition coefficient (Wildman–Crippen LogP) is 1.86. The highest BCUT2D eigenvalue weighted by atomic mass is 19.1. The number of non-ortho nitro benzene ring substituents is 1. The van der Waals surface area contributed by atoms with E-state index in [1.54, 1.807) is 4.90 Å². The molecule has 2 unspecified atom stereocenters. The fourth-order valence-electron chi connectivity index (χ4n) is 3.43. The average Bonchev–Trinajstić information content (AvgIpc) is 2.69. The molecule has 0 aromatic heterocycles. The Kier molecular flexibility index (Phi) is 3.36. The lowest BCUT2D eigenvalue weighted by molar-refractivity contribution is -0.385. The molecule has 0 spiro atoms. The molecule has 112 valence electrons. The van der Waals surface area contributed by atoms with Crippen molar-refractivity contribution in [2.24, 2.45) is 0 Å². The Morgan fingerprint density at radius 2 is 1.90 bits per heavy atom. The van der Waals surface area contributed by atoms with Crippen LogP contribution in [-0.2, 0) is 0 Å². The van der Waals surface area contributed by atoms with Gasteiger partial charge < -0.3 is 10.0 Å². The molecular formula is C14H15FN2O4. The molecule has 2 aliphatic heterocycles. The minimum atomic E-state index is -0.794. The molecule has 2 atom stereocenters. The molecule has 2 heterocycles. The quantitative estimate of drug-likeness (QED) is 0.666. The summed E-state index contributed by atoms with van der Waals surface area (Å²) in [7, 11) is 0. The van der Waals surface area contributed by atoms with Gasteiger partial charge in [-0.05, 0) is 31.7 Å². The number of hydrogen-bond acceptors (Lipinski definition) is 4. The first-order valence-electron chi connectivity index (χ1n) is 6.91. The number of rotatable bonds is 2. The highest BCUT2D eigenvalue weighted by Crippen LogP contribution is 2.37. The van der Waals surface area contributed by atoms with Gasteiger partial charge in [-0.25, -0.2) is 4.39 Å². The second kappa shape index (κ2) is 5.07. The topological polar surface area (TPSA) is 83.7 Å². The molecule has 1 aromatic carbocycles. The summed E-state index contributed by atoms with van der Waals surface area (Å²) in [6.45, 7) is 0. The van der Waals surface area contributed by atoms with Gasteiger partial charge in [0.2, 0.25) is 0 Å². The Morgan fingerprint density at radius 3 is 2.48 bits per heavy atom. The molecule has 2 saturated heterocycles. The molecular weight excluding hydrogens is 279 g/mol. The molecule has 0 radical (unpaired) electrons. The number of nitro groups is 1. The summed E-state index contributed by atoms with van der Waals surface area (Å²) in [6, 6.07) is 2.81. The lowest BCUT2D eigenvalue weighted by atomic mass is 9.98. The third-order valence-electron chi connectivity index (χ3n) is 4.28. The molecule has 1 aromatic rings. The number of carbonyl (C=O) groups is 1. The first kappa shape index (κ1) is 13.9. The SMILES string of the molecule is O=C(c1cc(F)cc([N+](=O)[O-])c1)N1C2CCC1CC(O)C2. The number of piperidine rings is 1. The van der Waals surface area contributed by atoms with E-state index in [1.165, 1.54) is 0 Å². The van der Waals surface area contributed by atoms with Crippen molar-refractivity contribution in [3.63, 3.8) is 0 Å². The molecule has 0 saturated carbocycles. The Hall–Kier alpha value is -2.02. The lowest BCUT2D eigenvalue weighted by Gasteiger charge is -2.37. The fraction of sp³-hybridized carbons (Fsp3) is 0.500. The zero-order valence-corrected chi connectivity index (χ0v) is 11.2. The maximum atomic E-state index is 13.5. The van der Waals surface area contributed by atoms with Gasteiger partial charge in [-0.1, -0.05) is 0 Å². The molecule has 7 heteroatoms. The van der Waals surface area contributed by atoms with E-state index in [4.69, 9.17) is 0 Å². The van der Waals surface area contributed by atoms with Gasteiger partial charge in [0.1, 0.15) is 5.82 Å². The van der Waals surface area contributed by atoms with Crippen molar-refractivity contribution in [3.8, 4) is 0 Å². The van der Waals surface area contributed by atoms with E-state index in [-0.39, 0.29) is 17.6 Å². The van der Waals surface area contributed by atoms with Gasteiger partial charge in [-0.3, -0.25) is 14.9 Å². The van der Waals surface area contributed by atoms with E-state index in [0.717, 1.165) is 31.0 Å². The number of hydrogen-bond donors (Lipinski definition) is 1.